The van der Waals surface area contributed by atoms with E-state index in [1.807, 2.05) is 30.3 Å². The Kier molecular flexibility index (Phi) is 6.41. The van der Waals surface area contributed by atoms with Crippen LogP contribution in [0.15, 0.2) is 48.5 Å². The van der Waals surface area contributed by atoms with Gasteiger partial charge in [0.05, 0.1) is 4.92 Å². The number of hydrogen-bond acceptors (Lipinski definition) is 5. The van der Waals surface area contributed by atoms with Gasteiger partial charge < -0.3 is 16.0 Å². The van der Waals surface area contributed by atoms with Crippen LogP contribution in [0.3, 0.4) is 0 Å². The van der Waals surface area contributed by atoms with E-state index in [0.717, 1.165) is 12.1 Å². The fraction of sp³-hybridized carbons (Fsp3) is 0.316. The van der Waals surface area contributed by atoms with Crippen molar-refractivity contribution in [1.82, 2.24) is 4.90 Å². The van der Waals surface area contributed by atoms with Crippen LogP contribution in [-0.4, -0.2) is 35.4 Å². The zero-order valence-corrected chi connectivity index (χ0v) is 15.9. The molecule has 1 saturated heterocycles. The number of amides is 1. The maximum absolute atomic E-state index is 12.7. The number of rotatable bonds is 5. The lowest BCUT2D eigenvalue weighted by molar-refractivity contribution is -0.383. The fourth-order valence-electron chi connectivity index (χ4n) is 3.14. The number of nitro groups is 1. The van der Waals surface area contributed by atoms with E-state index in [2.05, 4.69) is 12.2 Å². The number of anilines is 2. The molecular formula is C19H23ClN4O3. The van der Waals surface area contributed by atoms with Gasteiger partial charge in [-0.2, -0.15) is 0 Å². The monoisotopic (exact) mass is 390 g/mol. The molecule has 1 aliphatic rings. The van der Waals surface area contributed by atoms with Gasteiger partial charge in [0.1, 0.15) is 5.69 Å². The van der Waals surface area contributed by atoms with Crippen LogP contribution >= 0.6 is 12.4 Å². The van der Waals surface area contributed by atoms with Crippen LogP contribution in [0.1, 0.15) is 23.7 Å². The molecule has 0 aliphatic carbocycles. The number of likely N-dealkylation sites (tertiary alicyclic amines) is 1. The highest BCUT2D eigenvalue weighted by Gasteiger charge is 2.35. The van der Waals surface area contributed by atoms with E-state index in [-0.39, 0.29) is 29.4 Å². The van der Waals surface area contributed by atoms with Crippen molar-refractivity contribution < 1.29 is 9.72 Å². The molecule has 1 fully saturated rings. The molecule has 1 heterocycles. The Morgan fingerprint density at radius 1 is 1.30 bits per heavy atom. The van der Waals surface area contributed by atoms with Crippen LogP contribution in [0.5, 0.6) is 0 Å². The molecule has 27 heavy (non-hydrogen) atoms. The van der Waals surface area contributed by atoms with Crippen LogP contribution in [-0.2, 0) is 0 Å². The molecule has 0 bridgehead atoms. The molecule has 3 N–H and O–H groups in total. The number of hydrogen-bond donors (Lipinski definition) is 2. The fourth-order valence-corrected chi connectivity index (χ4v) is 3.14. The van der Waals surface area contributed by atoms with Gasteiger partial charge in [0.2, 0.25) is 0 Å². The van der Waals surface area contributed by atoms with Crippen LogP contribution < -0.4 is 11.1 Å². The minimum absolute atomic E-state index is 0. The summed E-state index contributed by atoms with van der Waals surface area (Å²) in [7, 11) is 0. The highest BCUT2D eigenvalue weighted by atomic mass is 35.5. The van der Waals surface area contributed by atoms with Crippen molar-refractivity contribution in [3.63, 3.8) is 0 Å². The maximum atomic E-state index is 12.7. The summed E-state index contributed by atoms with van der Waals surface area (Å²) in [5.41, 5.74) is 6.99. The first-order valence-electron chi connectivity index (χ1n) is 8.52. The first kappa shape index (κ1) is 20.7. The van der Waals surface area contributed by atoms with E-state index in [1.54, 1.807) is 17.0 Å². The summed E-state index contributed by atoms with van der Waals surface area (Å²) >= 11 is 0. The Bertz CT molecular complexity index is 831. The summed E-state index contributed by atoms with van der Waals surface area (Å²) in [6, 6.07) is 13.7. The summed E-state index contributed by atoms with van der Waals surface area (Å²) in [4.78, 5) is 25.5. The Labute approximate surface area is 164 Å². The predicted molar refractivity (Wildman–Crippen MR) is 108 cm³/mol. The molecule has 3 rings (SSSR count). The van der Waals surface area contributed by atoms with Gasteiger partial charge in [-0.05, 0) is 42.6 Å². The number of carbonyl (C=O) groups is 1. The molecule has 1 aliphatic heterocycles. The Morgan fingerprint density at radius 2 is 2.00 bits per heavy atom. The van der Waals surface area contributed by atoms with Gasteiger partial charge in [-0.3, -0.25) is 14.9 Å². The topological polar surface area (TPSA) is 102 Å². The third kappa shape index (κ3) is 4.56. The highest BCUT2D eigenvalue weighted by molar-refractivity contribution is 5.96. The van der Waals surface area contributed by atoms with Gasteiger partial charge in [0.25, 0.3) is 11.6 Å². The average molecular weight is 391 g/mol. The van der Waals surface area contributed by atoms with Gasteiger partial charge in [0.15, 0.2) is 0 Å². The number of para-hydroxylation sites is 1. The summed E-state index contributed by atoms with van der Waals surface area (Å²) in [6.45, 7) is 3.75. The van der Waals surface area contributed by atoms with Crippen molar-refractivity contribution in [2.24, 2.45) is 11.1 Å². The Hall–Kier alpha value is -2.64. The zero-order valence-electron chi connectivity index (χ0n) is 15.1. The van der Waals surface area contributed by atoms with Crippen molar-refractivity contribution >= 4 is 35.4 Å². The molecule has 1 unspecified atom stereocenters. The second kappa shape index (κ2) is 8.37. The molecular weight excluding hydrogens is 368 g/mol. The van der Waals surface area contributed by atoms with Crippen molar-refractivity contribution in [3.8, 4) is 0 Å². The average Bonchev–Trinajstić information content (AvgIpc) is 3.05. The molecule has 7 nitrogen and oxygen atoms in total. The first-order chi connectivity index (χ1) is 12.4. The van der Waals surface area contributed by atoms with E-state index in [0.29, 0.717) is 30.9 Å². The van der Waals surface area contributed by atoms with Crippen molar-refractivity contribution in [2.75, 3.05) is 25.0 Å². The Morgan fingerprint density at radius 3 is 2.59 bits per heavy atom. The van der Waals surface area contributed by atoms with E-state index >= 15 is 0 Å². The minimum Gasteiger partial charge on any atom is -0.350 e. The summed E-state index contributed by atoms with van der Waals surface area (Å²) in [5.74, 6) is -0.198. The summed E-state index contributed by atoms with van der Waals surface area (Å²) < 4.78 is 0. The number of nitrogens with one attached hydrogen (secondary N) is 1. The molecule has 144 valence electrons. The number of benzene rings is 2. The van der Waals surface area contributed by atoms with Crippen molar-refractivity contribution in [3.05, 3.63) is 64.2 Å². The van der Waals surface area contributed by atoms with Gasteiger partial charge >= 0.3 is 0 Å². The van der Waals surface area contributed by atoms with Crippen LogP contribution in [0, 0.1) is 15.5 Å². The second-order valence-electron chi connectivity index (χ2n) is 6.97. The molecule has 0 aromatic heterocycles. The number of nitrogens with zero attached hydrogens (tertiary/aromatic N) is 2. The second-order valence-corrected chi connectivity index (χ2v) is 6.97. The molecule has 0 radical (unpaired) electrons. The number of halogens is 1. The van der Waals surface area contributed by atoms with Crippen LogP contribution in [0.25, 0.3) is 0 Å². The van der Waals surface area contributed by atoms with E-state index in [9.17, 15) is 14.9 Å². The Balaban J connectivity index is 0.00000261. The molecule has 8 heteroatoms. The standard InChI is InChI=1S/C19H22N4O3.ClH/c1-19(12-20)9-10-22(13-19)18(24)14-7-8-16(17(11-14)23(25)26)21-15-5-3-2-4-6-15;/h2-8,11,21H,9-10,12-13,20H2,1H3;1H. The van der Waals surface area contributed by atoms with Crippen molar-refractivity contribution in [2.45, 2.75) is 13.3 Å². The largest absolute Gasteiger partial charge is 0.350 e. The molecule has 0 saturated carbocycles. The van der Waals surface area contributed by atoms with E-state index in [4.69, 9.17) is 5.73 Å². The zero-order chi connectivity index (χ0) is 18.7. The highest BCUT2D eigenvalue weighted by Crippen LogP contribution is 2.32. The van der Waals surface area contributed by atoms with Gasteiger partial charge in [0, 0.05) is 30.4 Å². The van der Waals surface area contributed by atoms with E-state index < -0.39 is 4.92 Å². The lowest BCUT2D eigenvalue weighted by atomic mass is 9.90. The third-order valence-corrected chi connectivity index (χ3v) is 4.83. The molecule has 2 aromatic carbocycles. The van der Waals surface area contributed by atoms with Crippen LogP contribution in [0.4, 0.5) is 17.1 Å². The van der Waals surface area contributed by atoms with Gasteiger partial charge in [-0.25, -0.2) is 0 Å². The van der Waals surface area contributed by atoms with Crippen molar-refractivity contribution in [1.29, 1.82) is 0 Å². The molecule has 1 amide bonds. The smallest absolute Gasteiger partial charge is 0.293 e. The normalized spacial score (nSPS) is 18.7. The first-order valence-corrected chi connectivity index (χ1v) is 8.52. The van der Waals surface area contributed by atoms with Gasteiger partial charge in [-0.1, -0.05) is 25.1 Å². The molecule has 2 aromatic rings. The van der Waals surface area contributed by atoms with Gasteiger partial charge in [-0.15, -0.1) is 12.4 Å². The predicted octanol–water partition coefficient (Wildman–Crippen LogP) is 3.57. The van der Waals surface area contributed by atoms with Crippen LogP contribution in [0.2, 0.25) is 0 Å². The minimum atomic E-state index is -0.476. The third-order valence-electron chi connectivity index (χ3n) is 4.83. The quantitative estimate of drug-likeness (QED) is 0.600. The van der Waals surface area contributed by atoms with E-state index in [1.165, 1.54) is 6.07 Å². The SMILES string of the molecule is CC1(CN)CCN(C(=O)c2ccc(Nc3ccccc3)c([N+](=O)[O-])c2)C1.Cl. The summed E-state index contributed by atoms with van der Waals surface area (Å²) in [5, 5.41) is 14.5. The maximum Gasteiger partial charge on any atom is 0.293 e. The number of nitrogens with two attached hydrogens (primary N) is 1. The number of carbonyl (C=O) groups excluding carboxylic acids is 1. The molecule has 1 atom stereocenters. The molecule has 0 spiro atoms. The lowest BCUT2D eigenvalue weighted by Gasteiger charge is -2.22. The number of nitro benzene ring substituents is 1. The lowest BCUT2D eigenvalue weighted by Crippen LogP contribution is -2.34. The summed E-state index contributed by atoms with van der Waals surface area (Å²) in [6.07, 6.45) is 0.838.